The van der Waals surface area contributed by atoms with Crippen LogP contribution in [0.5, 0.6) is 0 Å². The summed E-state index contributed by atoms with van der Waals surface area (Å²) in [6.45, 7) is 2.74. The maximum absolute atomic E-state index is 13.2. The molecule has 1 amide bonds. The van der Waals surface area contributed by atoms with E-state index >= 15 is 0 Å². The second kappa shape index (κ2) is 6.72. The largest absolute Gasteiger partial charge is 0.398 e. The summed E-state index contributed by atoms with van der Waals surface area (Å²) >= 11 is 3.34. The molecule has 2 rings (SSSR count). The number of hydrogen-bond donors (Lipinski definition) is 1. The number of amides is 1. The topological polar surface area (TPSA) is 46.3 Å². The third-order valence-electron chi connectivity index (χ3n) is 3.18. The first kappa shape index (κ1) is 15.5. The molecule has 2 N–H and O–H groups in total. The SMILES string of the molecule is CCN(Cc1cccc(F)c1)C(=O)c1cc(Br)ccc1N. The van der Waals surface area contributed by atoms with Crippen LogP contribution in [0, 0.1) is 5.82 Å². The molecule has 0 unspecified atom stereocenters. The van der Waals surface area contributed by atoms with Gasteiger partial charge < -0.3 is 10.6 Å². The summed E-state index contributed by atoms with van der Waals surface area (Å²) in [5.41, 5.74) is 7.50. The van der Waals surface area contributed by atoms with Crippen molar-refractivity contribution >= 4 is 27.5 Å². The minimum absolute atomic E-state index is 0.166. The Bertz CT molecular complexity index is 660. The van der Waals surface area contributed by atoms with Gasteiger partial charge in [-0.2, -0.15) is 0 Å². The minimum atomic E-state index is -0.307. The molecule has 0 aromatic heterocycles. The van der Waals surface area contributed by atoms with E-state index in [0.717, 1.165) is 10.0 Å². The highest BCUT2D eigenvalue weighted by Crippen LogP contribution is 2.21. The van der Waals surface area contributed by atoms with E-state index in [4.69, 9.17) is 5.73 Å². The molecule has 0 atom stereocenters. The normalized spacial score (nSPS) is 10.4. The molecule has 21 heavy (non-hydrogen) atoms. The van der Waals surface area contributed by atoms with Crippen LogP contribution in [0.2, 0.25) is 0 Å². The zero-order chi connectivity index (χ0) is 15.4. The Labute approximate surface area is 131 Å². The molecule has 0 saturated heterocycles. The molecule has 2 aromatic carbocycles. The summed E-state index contributed by atoms with van der Waals surface area (Å²) in [4.78, 5) is 14.2. The average molecular weight is 351 g/mol. The summed E-state index contributed by atoms with van der Waals surface area (Å²) in [7, 11) is 0. The zero-order valence-electron chi connectivity index (χ0n) is 11.6. The number of anilines is 1. The highest BCUT2D eigenvalue weighted by Gasteiger charge is 2.17. The molecule has 0 aliphatic carbocycles. The van der Waals surface area contributed by atoms with E-state index < -0.39 is 0 Å². The van der Waals surface area contributed by atoms with Crippen molar-refractivity contribution < 1.29 is 9.18 Å². The lowest BCUT2D eigenvalue weighted by Gasteiger charge is -2.22. The van der Waals surface area contributed by atoms with Crippen LogP contribution in [0.25, 0.3) is 0 Å². The van der Waals surface area contributed by atoms with E-state index in [1.165, 1.54) is 12.1 Å². The van der Waals surface area contributed by atoms with Crippen LogP contribution in [0.3, 0.4) is 0 Å². The van der Waals surface area contributed by atoms with Crippen LogP contribution < -0.4 is 5.73 Å². The monoisotopic (exact) mass is 350 g/mol. The van der Waals surface area contributed by atoms with E-state index in [1.54, 1.807) is 35.2 Å². The van der Waals surface area contributed by atoms with Crippen LogP contribution in [0.4, 0.5) is 10.1 Å². The van der Waals surface area contributed by atoms with Gasteiger partial charge in [0.1, 0.15) is 5.82 Å². The summed E-state index contributed by atoms with van der Waals surface area (Å²) in [6.07, 6.45) is 0. The van der Waals surface area contributed by atoms with Crippen molar-refractivity contribution in [2.75, 3.05) is 12.3 Å². The Morgan fingerprint density at radius 2 is 2.05 bits per heavy atom. The van der Waals surface area contributed by atoms with Crippen molar-refractivity contribution in [3.05, 3.63) is 63.9 Å². The molecule has 110 valence electrons. The predicted molar refractivity (Wildman–Crippen MR) is 85.4 cm³/mol. The number of halogens is 2. The molecule has 0 aliphatic heterocycles. The molecule has 0 fully saturated rings. The van der Waals surface area contributed by atoms with E-state index in [9.17, 15) is 9.18 Å². The van der Waals surface area contributed by atoms with Gasteiger partial charge in [-0.3, -0.25) is 4.79 Å². The van der Waals surface area contributed by atoms with Gasteiger partial charge in [-0.1, -0.05) is 28.1 Å². The second-order valence-electron chi connectivity index (χ2n) is 4.68. The van der Waals surface area contributed by atoms with Gasteiger partial charge in [0.05, 0.1) is 5.56 Å². The van der Waals surface area contributed by atoms with Gasteiger partial charge in [-0.25, -0.2) is 4.39 Å². The van der Waals surface area contributed by atoms with Gasteiger partial charge in [0.15, 0.2) is 0 Å². The van der Waals surface area contributed by atoms with E-state index in [0.29, 0.717) is 24.3 Å². The molecule has 0 spiro atoms. The molecule has 5 heteroatoms. The number of benzene rings is 2. The van der Waals surface area contributed by atoms with Crippen molar-refractivity contribution in [1.82, 2.24) is 4.90 Å². The first-order valence-corrected chi connectivity index (χ1v) is 7.39. The van der Waals surface area contributed by atoms with Crippen molar-refractivity contribution in [1.29, 1.82) is 0 Å². The molecule has 2 aromatic rings. The van der Waals surface area contributed by atoms with Gasteiger partial charge in [-0.15, -0.1) is 0 Å². The lowest BCUT2D eigenvalue weighted by Crippen LogP contribution is -2.31. The fourth-order valence-electron chi connectivity index (χ4n) is 2.07. The molecular formula is C16H16BrFN2O. The summed E-state index contributed by atoms with van der Waals surface area (Å²) in [5.74, 6) is -0.474. The van der Waals surface area contributed by atoms with Crippen molar-refractivity contribution in [2.45, 2.75) is 13.5 Å². The van der Waals surface area contributed by atoms with Gasteiger partial charge in [0, 0.05) is 23.2 Å². The van der Waals surface area contributed by atoms with Crippen LogP contribution in [0.1, 0.15) is 22.8 Å². The Hall–Kier alpha value is -1.88. The van der Waals surface area contributed by atoms with Crippen molar-refractivity contribution in [3.63, 3.8) is 0 Å². The molecule has 0 bridgehead atoms. The fourth-order valence-corrected chi connectivity index (χ4v) is 2.43. The number of nitrogens with two attached hydrogens (primary N) is 1. The van der Waals surface area contributed by atoms with Crippen molar-refractivity contribution in [3.8, 4) is 0 Å². The molecule has 0 saturated carbocycles. The zero-order valence-corrected chi connectivity index (χ0v) is 13.2. The average Bonchev–Trinajstić information content (AvgIpc) is 2.46. The van der Waals surface area contributed by atoms with E-state index in [1.807, 2.05) is 6.92 Å². The van der Waals surface area contributed by atoms with E-state index in [2.05, 4.69) is 15.9 Å². The molecular weight excluding hydrogens is 335 g/mol. The third-order valence-corrected chi connectivity index (χ3v) is 3.67. The maximum Gasteiger partial charge on any atom is 0.256 e. The number of rotatable bonds is 4. The summed E-state index contributed by atoms with van der Waals surface area (Å²) in [6, 6.07) is 11.4. The van der Waals surface area contributed by atoms with Crippen LogP contribution in [-0.4, -0.2) is 17.4 Å². The lowest BCUT2D eigenvalue weighted by molar-refractivity contribution is 0.0753. The number of nitrogens with zero attached hydrogens (tertiary/aromatic N) is 1. The highest BCUT2D eigenvalue weighted by atomic mass is 79.9. The lowest BCUT2D eigenvalue weighted by atomic mass is 10.1. The number of carbonyl (C=O) groups is 1. The first-order valence-electron chi connectivity index (χ1n) is 6.60. The van der Waals surface area contributed by atoms with Gasteiger partial charge >= 0.3 is 0 Å². The standard InChI is InChI=1S/C16H16BrFN2O/c1-2-20(10-11-4-3-5-13(18)8-11)16(21)14-9-12(17)6-7-15(14)19/h3-9H,2,10,19H2,1H3. The quantitative estimate of drug-likeness (QED) is 0.851. The number of hydrogen-bond acceptors (Lipinski definition) is 2. The maximum atomic E-state index is 13.2. The summed E-state index contributed by atoms with van der Waals surface area (Å²) < 4.78 is 14.0. The molecule has 0 heterocycles. The molecule has 3 nitrogen and oxygen atoms in total. The molecule has 0 radical (unpaired) electrons. The van der Waals surface area contributed by atoms with Crippen LogP contribution in [0.15, 0.2) is 46.9 Å². The third kappa shape index (κ3) is 3.82. The minimum Gasteiger partial charge on any atom is -0.398 e. The Balaban J connectivity index is 2.24. The Morgan fingerprint density at radius 3 is 2.71 bits per heavy atom. The highest BCUT2D eigenvalue weighted by molar-refractivity contribution is 9.10. The predicted octanol–water partition coefficient (Wildman–Crippen LogP) is 3.83. The van der Waals surface area contributed by atoms with Crippen LogP contribution >= 0.6 is 15.9 Å². The van der Waals surface area contributed by atoms with Crippen molar-refractivity contribution in [2.24, 2.45) is 0 Å². The van der Waals surface area contributed by atoms with Crippen LogP contribution in [-0.2, 0) is 6.54 Å². The Morgan fingerprint density at radius 1 is 1.29 bits per heavy atom. The van der Waals surface area contributed by atoms with E-state index in [-0.39, 0.29) is 11.7 Å². The smallest absolute Gasteiger partial charge is 0.256 e. The number of carbonyl (C=O) groups excluding carboxylic acids is 1. The second-order valence-corrected chi connectivity index (χ2v) is 5.60. The fraction of sp³-hybridized carbons (Fsp3) is 0.188. The molecule has 0 aliphatic rings. The van der Waals surface area contributed by atoms with Gasteiger partial charge in [-0.05, 0) is 42.8 Å². The van der Waals surface area contributed by atoms with Gasteiger partial charge in [0.25, 0.3) is 5.91 Å². The van der Waals surface area contributed by atoms with Gasteiger partial charge in [0.2, 0.25) is 0 Å². The first-order chi connectivity index (χ1) is 10.0. The number of nitrogen functional groups attached to an aromatic ring is 1. The summed E-state index contributed by atoms with van der Waals surface area (Å²) in [5, 5.41) is 0. The Kier molecular flexibility index (Phi) is 4.96.